The van der Waals surface area contributed by atoms with Gasteiger partial charge >= 0.3 is 0 Å². The number of piperazine rings is 1. The van der Waals surface area contributed by atoms with E-state index in [0.717, 1.165) is 49.9 Å². The molecule has 128 valence electrons. The number of rotatable bonds is 4. The topological polar surface area (TPSA) is 32.5 Å². The number of hydrogen-bond acceptors (Lipinski definition) is 4. The molecule has 0 radical (unpaired) electrons. The molecule has 4 rings (SSSR count). The molecule has 0 bridgehead atoms. The van der Waals surface area contributed by atoms with Gasteiger partial charge in [-0.2, -0.15) is 0 Å². The maximum absolute atomic E-state index is 5.94. The molecule has 0 aliphatic carbocycles. The van der Waals surface area contributed by atoms with Crippen LogP contribution in [0.25, 0.3) is 11.3 Å². The van der Waals surface area contributed by atoms with Gasteiger partial charge in [0.2, 0.25) is 5.89 Å². The first kappa shape index (κ1) is 15.9. The summed E-state index contributed by atoms with van der Waals surface area (Å²) in [6.07, 6.45) is 1.83. The second-order valence-corrected chi connectivity index (χ2v) is 6.53. The molecule has 1 aliphatic rings. The zero-order valence-electron chi connectivity index (χ0n) is 14.6. The number of oxazole rings is 1. The average Bonchev–Trinajstić information content (AvgIpc) is 3.12. The predicted molar refractivity (Wildman–Crippen MR) is 101 cm³/mol. The fraction of sp³-hybridized carbons (Fsp3) is 0.286. The van der Waals surface area contributed by atoms with E-state index in [9.17, 15) is 0 Å². The summed E-state index contributed by atoms with van der Waals surface area (Å²) >= 11 is 0. The van der Waals surface area contributed by atoms with Crippen molar-refractivity contribution >= 4 is 5.69 Å². The molecule has 2 heterocycles. The highest BCUT2D eigenvalue weighted by atomic mass is 16.4. The number of anilines is 1. The van der Waals surface area contributed by atoms with Crippen LogP contribution < -0.4 is 4.90 Å². The van der Waals surface area contributed by atoms with Crippen molar-refractivity contribution in [3.63, 3.8) is 0 Å². The van der Waals surface area contributed by atoms with Crippen LogP contribution in [-0.2, 0) is 6.54 Å². The Labute approximate surface area is 148 Å². The van der Waals surface area contributed by atoms with Crippen LogP contribution in [0, 0.1) is 6.92 Å². The van der Waals surface area contributed by atoms with Gasteiger partial charge in [-0.05, 0) is 18.6 Å². The smallest absolute Gasteiger partial charge is 0.209 e. The van der Waals surface area contributed by atoms with Gasteiger partial charge in [0, 0.05) is 37.4 Å². The molecule has 0 N–H and O–H groups in total. The molecule has 0 unspecified atom stereocenters. The standard InChI is InChI=1S/C21H23N3O/c1-17-7-5-6-10-19(17)24-13-11-23(12-14-24)16-21-22-15-20(25-21)18-8-3-2-4-9-18/h2-10,15H,11-14,16H2,1H3. The summed E-state index contributed by atoms with van der Waals surface area (Å²) in [6, 6.07) is 18.7. The second-order valence-electron chi connectivity index (χ2n) is 6.53. The van der Waals surface area contributed by atoms with E-state index in [2.05, 4.69) is 46.0 Å². The molecular weight excluding hydrogens is 310 g/mol. The van der Waals surface area contributed by atoms with Crippen molar-refractivity contribution in [2.45, 2.75) is 13.5 Å². The molecule has 4 heteroatoms. The van der Waals surface area contributed by atoms with Gasteiger partial charge in [-0.15, -0.1) is 0 Å². The van der Waals surface area contributed by atoms with Crippen LogP contribution in [0.15, 0.2) is 65.2 Å². The van der Waals surface area contributed by atoms with Gasteiger partial charge in [-0.3, -0.25) is 4.90 Å². The molecule has 25 heavy (non-hydrogen) atoms. The Kier molecular flexibility index (Phi) is 4.53. The third-order valence-electron chi connectivity index (χ3n) is 4.80. The molecule has 3 aromatic rings. The van der Waals surface area contributed by atoms with Crippen molar-refractivity contribution in [3.8, 4) is 11.3 Å². The molecule has 0 amide bonds. The maximum atomic E-state index is 5.94. The summed E-state index contributed by atoms with van der Waals surface area (Å²) in [7, 11) is 0. The van der Waals surface area contributed by atoms with Crippen LogP contribution in [0.3, 0.4) is 0 Å². The van der Waals surface area contributed by atoms with Crippen molar-refractivity contribution in [1.29, 1.82) is 0 Å². The number of hydrogen-bond donors (Lipinski definition) is 0. The Morgan fingerprint density at radius 3 is 2.40 bits per heavy atom. The van der Waals surface area contributed by atoms with Crippen LogP contribution in [-0.4, -0.2) is 36.1 Å². The lowest BCUT2D eigenvalue weighted by atomic mass is 10.1. The van der Waals surface area contributed by atoms with Crippen molar-refractivity contribution in [1.82, 2.24) is 9.88 Å². The molecule has 1 fully saturated rings. The Hall–Kier alpha value is -2.59. The first-order chi connectivity index (χ1) is 12.3. The van der Waals surface area contributed by atoms with E-state index >= 15 is 0 Å². The summed E-state index contributed by atoms with van der Waals surface area (Å²) in [4.78, 5) is 9.34. The van der Waals surface area contributed by atoms with Crippen molar-refractivity contribution < 1.29 is 4.42 Å². The predicted octanol–water partition coefficient (Wildman–Crippen LogP) is 3.97. The van der Waals surface area contributed by atoms with E-state index < -0.39 is 0 Å². The van der Waals surface area contributed by atoms with E-state index in [1.54, 1.807) is 0 Å². The largest absolute Gasteiger partial charge is 0.439 e. The molecule has 0 atom stereocenters. The molecule has 2 aromatic carbocycles. The number of nitrogens with zero attached hydrogens (tertiary/aromatic N) is 3. The van der Waals surface area contributed by atoms with E-state index in [-0.39, 0.29) is 0 Å². The lowest BCUT2D eigenvalue weighted by Crippen LogP contribution is -2.46. The third-order valence-corrected chi connectivity index (χ3v) is 4.80. The number of benzene rings is 2. The van der Waals surface area contributed by atoms with Gasteiger partial charge in [0.15, 0.2) is 5.76 Å². The molecule has 0 spiro atoms. The van der Waals surface area contributed by atoms with E-state index in [0.29, 0.717) is 0 Å². The zero-order valence-corrected chi connectivity index (χ0v) is 14.6. The van der Waals surface area contributed by atoms with Gasteiger partial charge in [0.05, 0.1) is 12.7 Å². The summed E-state index contributed by atoms with van der Waals surface area (Å²) in [5.41, 5.74) is 3.77. The van der Waals surface area contributed by atoms with E-state index in [1.807, 2.05) is 36.5 Å². The molecule has 1 saturated heterocycles. The SMILES string of the molecule is Cc1ccccc1N1CCN(Cc2ncc(-c3ccccc3)o2)CC1. The fourth-order valence-electron chi connectivity index (χ4n) is 3.38. The van der Waals surface area contributed by atoms with Crippen LogP contribution in [0.4, 0.5) is 5.69 Å². The van der Waals surface area contributed by atoms with Gasteiger partial charge in [-0.1, -0.05) is 48.5 Å². The van der Waals surface area contributed by atoms with Gasteiger partial charge in [0.1, 0.15) is 0 Å². The van der Waals surface area contributed by atoms with Crippen LogP contribution in [0.5, 0.6) is 0 Å². The Morgan fingerprint density at radius 2 is 1.64 bits per heavy atom. The fourth-order valence-corrected chi connectivity index (χ4v) is 3.38. The van der Waals surface area contributed by atoms with Crippen LogP contribution in [0.2, 0.25) is 0 Å². The van der Waals surface area contributed by atoms with Crippen LogP contribution in [0.1, 0.15) is 11.5 Å². The Bertz CT molecular complexity index is 820. The average molecular weight is 333 g/mol. The Morgan fingerprint density at radius 1 is 0.920 bits per heavy atom. The monoisotopic (exact) mass is 333 g/mol. The summed E-state index contributed by atoms with van der Waals surface area (Å²) in [5, 5.41) is 0. The van der Waals surface area contributed by atoms with Crippen LogP contribution >= 0.6 is 0 Å². The minimum Gasteiger partial charge on any atom is -0.439 e. The lowest BCUT2D eigenvalue weighted by molar-refractivity contribution is 0.227. The molecule has 0 saturated carbocycles. The second kappa shape index (κ2) is 7.11. The molecule has 1 aromatic heterocycles. The number of aromatic nitrogens is 1. The Balaban J connectivity index is 1.36. The summed E-state index contributed by atoms with van der Waals surface area (Å²) in [5.74, 6) is 1.64. The zero-order chi connectivity index (χ0) is 17.1. The highest BCUT2D eigenvalue weighted by molar-refractivity contribution is 5.55. The summed E-state index contributed by atoms with van der Waals surface area (Å²) < 4.78 is 5.94. The quantitative estimate of drug-likeness (QED) is 0.723. The van der Waals surface area contributed by atoms with Gasteiger partial charge < -0.3 is 9.32 Å². The third kappa shape index (κ3) is 3.59. The minimum absolute atomic E-state index is 0.772. The van der Waals surface area contributed by atoms with Gasteiger partial charge in [0.25, 0.3) is 0 Å². The first-order valence-corrected chi connectivity index (χ1v) is 8.83. The molecular formula is C21H23N3O. The van der Waals surface area contributed by atoms with Crippen molar-refractivity contribution in [2.24, 2.45) is 0 Å². The number of para-hydroxylation sites is 1. The molecule has 4 nitrogen and oxygen atoms in total. The minimum atomic E-state index is 0.772. The van der Waals surface area contributed by atoms with Crippen molar-refractivity contribution in [3.05, 3.63) is 72.2 Å². The summed E-state index contributed by atoms with van der Waals surface area (Å²) in [6.45, 7) is 7.08. The van der Waals surface area contributed by atoms with E-state index in [1.165, 1.54) is 11.3 Å². The van der Waals surface area contributed by atoms with Crippen molar-refractivity contribution in [2.75, 3.05) is 31.1 Å². The normalized spacial score (nSPS) is 15.5. The highest BCUT2D eigenvalue weighted by Gasteiger charge is 2.19. The molecule has 1 aliphatic heterocycles. The van der Waals surface area contributed by atoms with Gasteiger partial charge in [-0.25, -0.2) is 4.98 Å². The highest BCUT2D eigenvalue weighted by Crippen LogP contribution is 2.23. The lowest BCUT2D eigenvalue weighted by Gasteiger charge is -2.36. The van der Waals surface area contributed by atoms with E-state index in [4.69, 9.17) is 4.42 Å². The number of aryl methyl sites for hydroxylation is 1. The first-order valence-electron chi connectivity index (χ1n) is 8.83. The maximum Gasteiger partial charge on any atom is 0.209 e.